The Morgan fingerprint density at radius 1 is 0.882 bits per heavy atom. The first-order valence-corrected chi connectivity index (χ1v) is 7.73. The first-order valence-electron chi connectivity index (χ1n) is 7.73. The maximum atomic E-state index is 4.58. The summed E-state index contributed by atoms with van der Waals surface area (Å²) in [6, 6.07) is 0.759. The molecule has 2 heteroatoms. The van der Waals surface area contributed by atoms with Crippen LogP contribution in [0.5, 0.6) is 0 Å². The molecule has 2 nitrogen and oxygen atoms in total. The number of rotatable bonds is 2. The number of hydrogen-bond donors (Lipinski definition) is 1. The molecule has 0 aromatic carbocycles. The van der Waals surface area contributed by atoms with Crippen LogP contribution in [0.15, 0.2) is 4.99 Å². The van der Waals surface area contributed by atoms with Gasteiger partial charge in [-0.15, -0.1) is 0 Å². The van der Waals surface area contributed by atoms with Gasteiger partial charge < -0.3 is 5.32 Å². The number of nitrogens with one attached hydrogen (secondary N) is 1. The van der Waals surface area contributed by atoms with Gasteiger partial charge in [-0.3, -0.25) is 4.99 Å². The van der Waals surface area contributed by atoms with Crippen LogP contribution in [-0.4, -0.2) is 18.4 Å². The van der Waals surface area contributed by atoms with Gasteiger partial charge in [0.15, 0.2) is 0 Å². The van der Waals surface area contributed by atoms with E-state index in [-0.39, 0.29) is 0 Å². The Morgan fingerprint density at radius 3 is 2.53 bits per heavy atom. The lowest BCUT2D eigenvalue weighted by Crippen LogP contribution is -2.39. The molecule has 0 aromatic rings. The molecule has 2 atom stereocenters. The second kappa shape index (κ2) is 5.41. The molecule has 2 fully saturated rings. The lowest BCUT2D eigenvalue weighted by molar-refractivity contribution is 0.226. The summed E-state index contributed by atoms with van der Waals surface area (Å²) >= 11 is 0. The monoisotopic (exact) mass is 234 g/mol. The molecule has 0 saturated heterocycles. The van der Waals surface area contributed by atoms with Crippen molar-refractivity contribution >= 4 is 5.84 Å². The molecule has 0 aromatic heterocycles. The van der Waals surface area contributed by atoms with E-state index in [4.69, 9.17) is 0 Å². The van der Waals surface area contributed by atoms with Crippen LogP contribution in [0.4, 0.5) is 0 Å². The van der Waals surface area contributed by atoms with E-state index >= 15 is 0 Å². The van der Waals surface area contributed by atoms with Crippen molar-refractivity contribution in [2.24, 2.45) is 16.8 Å². The van der Waals surface area contributed by atoms with E-state index in [0.29, 0.717) is 0 Å². The fourth-order valence-electron chi connectivity index (χ4n) is 4.17. The highest BCUT2D eigenvalue weighted by molar-refractivity contribution is 5.83. The first-order chi connectivity index (χ1) is 8.43. The van der Waals surface area contributed by atoms with Crippen LogP contribution < -0.4 is 5.32 Å². The van der Waals surface area contributed by atoms with Crippen LogP contribution in [0, 0.1) is 11.8 Å². The Bertz CT molecular complexity index is 279. The number of aliphatic imine (C=N–C) groups is 1. The van der Waals surface area contributed by atoms with E-state index in [1.165, 1.54) is 70.0 Å². The smallest absolute Gasteiger partial charge is 0.0965 e. The van der Waals surface area contributed by atoms with Crippen LogP contribution in [0.2, 0.25) is 0 Å². The maximum Gasteiger partial charge on any atom is 0.0965 e. The average molecular weight is 234 g/mol. The van der Waals surface area contributed by atoms with Gasteiger partial charge in [-0.1, -0.05) is 38.5 Å². The first kappa shape index (κ1) is 11.6. The fraction of sp³-hybridized carbons (Fsp3) is 0.933. The van der Waals surface area contributed by atoms with Gasteiger partial charge in [-0.05, 0) is 31.1 Å². The zero-order valence-corrected chi connectivity index (χ0v) is 11.0. The number of nitrogens with zero attached hydrogens (tertiary/aromatic N) is 1. The summed E-state index contributed by atoms with van der Waals surface area (Å²) in [5.41, 5.74) is 0. The SMILES string of the molecule is C1CCC([C@H]2CCC[C@H]2NC2=NCCC2)CC1. The Balaban J connectivity index is 1.58. The standard InChI is InChI=1S/C15H26N2/c1-2-6-12(7-3-1)13-8-4-9-14(13)17-15-10-5-11-16-15/h12-14H,1-11H2,(H,16,17)/t13-,14-/m1/s1. The Hall–Kier alpha value is -0.530. The summed E-state index contributed by atoms with van der Waals surface area (Å²) < 4.78 is 0. The van der Waals surface area contributed by atoms with Crippen LogP contribution in [0.25, 0.3) is 0 Å². The summed E-state index contributed by atoms with van der Waals surface area (Å²) in [7, 11) is 0. The van der Waals surface area contributed by atoms with Crippen LogP contribution in [0.1, 0.15) is 64.2 Å². The third-order valence-electron chi connectivity index (χ3n) is 5.05. The fourth-order valence-corrected chi connectivity index (χ4v) is 4.17. The van der Waals surface area contributed by atoms with Crippen molar-refractivity contribution in [1.29, 1.82) is 0 Å². The van der Waals surface area contributed by atoms with Crippen molar-refractivity contribution in [3.8, 4) is 0 Å². The van der Waals surface area contributed by atoms with Crippen molar-refractivity contribution in [2.75, 3.05) is 6.54 Å². The van der Waals surface area contributed by atoms with Crippen molar-refractivity contribution < 1.29 is 0 Å². The quantitative estimate of drug-likeness (QED) is 0.777. The van der Waals surface area contributed by atoms with Gasteiger partial charge in [0.05, 0.1) is 5.84 Å². The molecule has 2 aliphatic carbocycles. The highest BCUT2D eigenvalue weighted by Crippen LogP contribution is 2.39. The van der Waals surface area contributed by atoms with E-state index in [9.17, 15) is 0 Å². The average Bonchev–Trinajstić information content (AvgIpc) is 3.02. The van der Waals surface area contributed by atoms with E-state index < -0.39 is 0 Å². The molecule has 1 heterocycles. The molecule has 0 amide bonds. The minimum atomic E-state index is 0.759. The van der Waals surface area contributed by atoms with Gasteiger partial charge in [-0.25, -0.2) is 0 Å². The molecule has 2 saturated carbocycles. The molecule has 3 aliphatic rings. The predicted octanol–water partition coefficient (Wildman–Crippen LogP) is 3.52. The van der Waals surface area contributed by atoms with E-state index in [1.54, 1.807) is 0 Å². The van der Waals surface area contributed by atoms with Crippen molar-refractivity contribution in [3.63, 3.8) is 0 Å². The summed E-state index contributed by atoms with van der Waals surface area (Å²) in [5.74, 6) is 3.29. The third-order valence-corrected chi connectivity index (χ3v) is 5.05. The molecule has 17 heavy (non-hydrogen) atoms. The molecule has 0 bridgehead atoms. The topological polar surface area (TPSA) is 24.4 Å². The molecule has 0 spiro atoms. The van der Waals surface area contributed by atoms with E-state index in [0.717, 1.165) is 24.4 Å². The van der Waals surface area contributed by atoms with Crippen LogP contribution >= 0.6 is 0 Å². The summed E-state index contributed by atoms with van der Waals surface area (Å²) in [6.45, 7) is 1.06. The van der Waals surface area contributed by atoms with Crippen molar-refractivity contribution in [1.82, 2.24) is 5.32 Å². The molecule has 3 rings (SSSR count). The van der Waals surface area contributed by atoms with Gasteiger partial charge in [0.2, 0.25) is 0 Å². The van der Waals surface area contributed by atoms with Crippen LogP contribution in [0.3, 0.4) is 0 Å². The highest BCUT2D eigenvalue weighted by Gasteiger charge is 2.34. The van der Waals surface area contributed by atoms with Gasteiger partial charge in [0, 0.05) is 19.0 Å². The van der Waals surface area contributed by atoms with Crippen molar-refractivity contribution in [3.05, 3.63) is 0 Å². The summed E-state index contributed by atoms with van der Waals surface area (Å²) in [4.78, 5) is 4.58. The molecule has 96 valence electrons. The Labute approximate surface area is 105 Å². The number of amidine groups is 1. The lowest BCUT2D eigenvalue weighted by atomic mass is 9.77. The van der Waals surface area contributed by atoms with Crippen LogP contribution in [-0.2, 0) is 0 Å². The third kappa shape index (κ3) is 2.66. The predicted molar refractivity (Wildman–Crippen MR) is 72.4 cm³/mol. The van der Waals surface area contributed by atoms with Gasteiger partial charge >= 0.3 is 0 Å². The molecular formula is C15H26N2. The molecule has 1 aliphatic heterocycles. The van der Waals surface area contributed by atoms with Gasteiger partial charge in [-0.2, -0.15) is 0 Å². The zero-order chi connectivity index (χ0) is 11.5. The molecule has 1 N–H and O–H groups in total. The second-order valence-electron chi connectivity index (χ2n) is 6.18. The van der Waals surface area contributed by atoms with Gasteiger partial charge in [0.1, 0.15) is 0 Å². The van der Waals surface area contributed by atoms with E-state index in [1.807, 2.05) is 0 Å². The zero-order valence-electron chi connectivity index (χ0n) is 11.0. The molecule has 0 unspecified atom stereocenters. The van der Waals surface area contributed by atoms with Gasteiger partial charge in [0.25, 0.3) is 0 Å². The van der Waals surface area contributed by atoms with Crippen molar-refractivity contribution in [2.45, 2.75) is 70.3 Å². The Morgan fingerprint density at radius 2 is 1.76 bits per heavy atom. The largest absolute Gasteiger partial charge is 0.371 e. The summed E-state index contributed by atoms with van der Waals surface area (Å²) in [6.07, 6.45) is 14.2. The lowest BCUT2D eigenvalue weighted by Gasteiger charge is -2.32. The molecule has 0 radical (unpaired) electrons. The second-order valence-corrected chi connectivity index (χ2v) is 6.18. The molecular weight excluding hydrogens is 208 g/mol. The normalized spacial score (nSPS) is 34.9. The maximum absolute atomic E-state index is 4.58. The summed E-state index contributed by atoms with van der Waals surface area (Å²) in [5, 5.41) is 3.78. The minimum Gasteiger partial charge on any atom is -0.371 e. The number of hydrogen-bond acceptors (Lipinski definition) is 2. The minimum absolute atomic E-state index is 0.759. The highest BCUT2D eigenvalue weighted by atomic mass is 15.0. The van der Waals surface area contributed by atoms with E-state index in [2.05, 4.69) is 10.3 Å². The Kier molecular flexibility index (Phi) is 3.68.